The fraction of sp³-hybridized carbons (Fsp3) is 0.462. The maximum atomic E-state index is 11.6. The molecule has 0 saturated heterocycles. The van der Waals surface area contributed by atoms with Crippen LogP contribution in [0.1, 0.15) is 25.0 Å². The first kappa shape index (κ1) is 16.8. The second-order valence-corrected chi connectivity index (χ2v) is 7.39. The van der Waals surface area contributed by atoms with Crippen LogP contribution in [0.4, 0.5) is 0 Å². The van der Waals surface area contributed by atoms with E-state index >= 15 is 0 Å². The van der Waals surface area contributed by atoms with Gasteiger partial charge in [0.25, 0.3) is 15.0 Å². The van der Waals surface area contributed by atoms with Gasteiger partial charge in [-0.1, -0.05) is 6.07 Å². The van der Waals surface area contributed by atoms with Crippen molar-refractivity contribution in [3.05, 3.63) is 23.3 Å². The van der Waals surface area contributed by atoms with Gasteiger partial charge in [0.15, 0.2) is 6.61 Å². The van der Waals surface area contributed by atoms with Gasteiger partial charge in [-0.2, -0.15) is 0 Å². The van der Waals surface area contributed by atoms with E-state index in [1.807, 2.05) is 13.8 Å². The maximum Gasteiger partial charge on any atom is 0.265 e. The number of halogens is 1. The zero-order valence-corrected chi connectivity index (χ0v) is 13.4. The highest BCUT2D eigenvalue weighted by Gasteiger charge is 2.20. The van der Waals surface area contributed by atoms with E-state index in [9.17, 15) is 13.2 Å². The topological polar surface area (TPSA) is 72.5 Å². The van der Waals surface area contributed by atoms with Gasteiger partial charge < -0.3 is 10.1 Å². The van der Waals surface area contributed by atoms with Crippen molar-refractivity contribution in [2.24, 2.45) is 0 Å². The monoisotopic (exact) mass is 319 g/mol. The molecular weight excluding hydrogens is 302 g/mol. The first-order valence-electron chi connectivity index (χ1n) is 6.09. The molecule has 0 aliphatic carbocycles. The van der Waals surface area contributed by atoms with E-state index in [1.165, 1.54) is 6.07 Å². The second kappa shape index (κ2) is 6.45. The van der Waals surface area contributed by atoms with Crippen LogP contribution in [-0.2, 0) is 13.8 Å². The van der Waals surface area contributed by atoms with Crippen molar-refractivity contribution >= 4 is 25.6 Å². The standard InChI is InChI=1S/C13H18ClNO4S/c1-8(2)15-12(16)7-19-13-10(4)5-9(3)6-11(13)20(14,17)18/h5-6,8H,7H2,1-4H3,(H,15,16). The van der Waals surface area contributed by atoms with E-state index in [0.717, 1.165) is 5.56 Å². The van der Waals surface area contributed by atoms with Gasteiger partial charge in [-0.3, -0.25) is 4.79 Å². The van der Waals surface area contributed by atoms with E-state index in [4.69, 9.17) is 15.4 Å². The Bertz CT molecular complexity index is 611. The number of hydrogen-bond acceptors (Lipinski definition) is 4. The molecule has 7 heteroatoms. The molecule has 0 heterocycles. The molecule has 0 aromatic heterocycles. The fourth-order valence-electron chi connectivity index (χ4n) is 1.78. The molecule has 0 atom stereocenters. The Morgan fingerprint density at radius 2 is 1.95 bits per heavy atom. The summed E-state index contributed by atoms with van der Waals surface area (Å²) < 4.78 is 28.5. The Labute approximate surface area is 123 Å². The van der Waals surface area contributed by atoms with E-state index in [1.54, 1.807) is 19.9 Å². The van der Waals surface area contributed by atoms with Gasteiger partial charge in [0.1, 0.15) is 10.6 Å². The summed E-state index contributed by atoms with van der Waals surface area (Å²) in [5.41, 5.74) is 1.36. The molecule has 0 saturated carbocycles. The van der Waals surface area contributed by atoms with Crippen molar-refractivity contribution in [1.29, 1.82) is 0 Å². The quantitative estimate of drug-likeness (QED) is 0.844. The molecule has 1 rings (SSSR count). The van der Waals surface area contributed by atoms with Crippen LogP contribution in [0.5, 0.6) is 5.75 Å². The van der Waals surface area contributed by atoms with E-state index < -0.39 is 9.05 Å². The minimum Gasteiger partial charge on any atom is -0.482 e. The summed E-state index contributed by atoms with van der Waals surface area (Å²) >= 11 is 0. The summed E-state index contributed by atoms with van der Waals surface area (Å²) in [6, 6.07) is 3.17. The highest BCUT2D eigenvalue weighted by molar-refractivity contribution is 8.13. The lowest BCUT2D eigenvalue weighted by Crippen LogP contribution is -2.34. The van der Waals surface area contributed by atoms with Crippen LogP contribution in [-0.4, -0.2) is 27.0 Å². The SMILES string of the molecule is Cc1cc(C)c(OCC(=O)NC(C)C)c(S(=O)(=O)Cl)c1. The molecule has 1 aromatic rings. The minimum atomic E-state index is -3.93. The lowest BCUT2D eigenvalue weighted by molar-refractivity contribution is -0.123. The third-order valence-electron chi connectivity index (χ3n) is 2.44. The molecular formula is C13H18ClNO4S. The molecule has 0 spiro atoms. The number of aryl methyl sites for hydroxylation is 2. The van der Waals surface area contributed by atoms with Crippen molar-refractivity contribution in [3.8, 4) is 5.75 Å². The van der Waals surface area contributed by atoms with Crippen LogP contribution >= 0.6 is 10.7 Å². The Kier molecular flexibility index (Phi) is 5.42. The van der Waals surface area contributed by atoms with Crippen molar-refractivity contribution in [3.63, 3.8) is 0 Å². The van der Waals surface area contributed by atoms with Gasteiger partial charge in [0.2, 0.25) is 0 Å². The lowest BCUT2D eigenvalue weighted by atomic mass is 10.1. The summed E-state index contributed by atoms with van der Waals surface area (Å²) in [5.74, 6) is -0.206. The Hall–Kier alpha value is -1.27. The van der Waals surface area contributed by atoms with E-state index in [2.05, 4.69) is 5.32 Å². The molecule has 112 valence electrons. The summed E-state index contributed by atoms with van der Waals surface area (Å²) in [5, 5.41) is 2.66. The lowest BCUT2D eigenvalue weighted by Gasteiger charge is -2.14. The van der Waals surface area contributed by atoms with Crippen LogP contribution in [0, 0.1) is 13.8 Å². The Morgan fingerprint density at radius 1 is 1.35 bits per heavy atom. The average Bonchev–Trinajstić information content (AvgIpc) is 2.24. The fourth-order valence-corrected chi connectivity index (χ4v) is 2.89. The van der Waals surface area contributed by atoms with Gasteiger partial charge in [-0.25, -0.2) is 8.42 Å². The Balaban J connectivity index is 3.03. The van der Waals surface area contributed by atoms with Gasteiger partial charge in [0, 0.05) is 16.7 Å². The third kappa shape index (κ3) is 4.68. The van der Waals surface area contributed by atoms with E-state index in [-0.39, 0.29) is 29.2 Å². The predicted molar refractivity (Wildman–Crippen MR) is 77.7 cm³/mol. The largest absolute Gasteiger partial charge is 0.482 e. The first-order chi connectivity index (χ1) is 9.11. The predicted octanol–water partition coefficient (Wildman–Crippen LogP) is 2.13. The van der Waals surface area contributed by atoms with Crippen LogP contribution < -0.4 is 10.1 Å². The summed E-state index contributed by atoms with van der Waals surface area (Å²) in [4.78, 5) is 11.4. The van der Waals surface area contributed by atoms with Gasteiger partial charge in [0.05, 0.1) is 0 Å². The molecule has 1 N–H and O–H groups in total. The number of amides is 1. The summed E-state index contributed by atoms with van der Waals surface area (Å²) in [6.07, 6.45) is 0. The zero-order chi connectivity index (χ0) is 15.5. The average molecular weight is 320 g/mol. The van der Waals surface area contributed by atoms with E-state index in [0.29, 0.717) is 5.56 Å². The van der Waals surface area contributed by atoms with Crippen LogP contribution in [0.25, 0.3) is 0 Å². The zero-order valence-electron chi connectivity index (χ0n) is 11.9. The van der Waals surface area contributed by atoms with Crippen LogP contribution in [0.3, 0.4) is 0 Å². The van der Waals surface area contributed by atoms with Crippen molar-refractivity contribution < 1.29 is 17.9 Å². The number of hydrogen-bond donors (Lipinski definition) is 1. The molecule has 1 amide bonds. The second-order valence-electron chi connectivity index (χ2n) is 4.86. The minimum absolute atomic E-state index is 0.0126. The normalized spacial score (nSPS) is 11.5. The number of nitrogens with one attached hydrogen (secondary N) is 1. The molecule has 1 aromatic carbocycles. The molecule has 0 bridgehead atoms. The third-order valence-corrected chi connectivity index (χ3v) is 3.77. The van der Waals surface area contributed by atoms with Crippen LogP contribution in [0.15, 0.2) is 17.0 Å². The molecule has 0 fully saturated rings. The smallest absolute Gasteiger partial charge is 0.265 e. The summed E-state index contributed by atoms with van der Waals surface area (Å²) in [7, 11) is 1.47. The number of ether oxygens (including phenoxy) is 1. The number of benzene rings is 1. The van der Waals surface area contributed by atoms with Crippen molar-refractivity contribution in [1.82, 2.24) is 5.32 Å². The number of rotatable bonds is 5. The van der Waals surface area contributed by atoms with Gasteiger partial charge in [-0.05, 0) is 44.9 Å². The number of carbonyl (C=O) groups excluding carboxylic acids is 1. The van der Waals surface area contributed by atoms with Gasteiger partial charge in [-0.15, -0.1) is 0 Å². The highest BCUT2D eigenvalue weighted by atomic mass is 35.7. The summed E-state index contributed by atoms with van der Waals surface area (Å²) in [6.45, 7) is 6.84. The van der Waals surface area contributed by atoms with Crippen LogP contribution in [0.2, 0.25) is 0 Å². The Morgan fingerprint density at radius 3 is 2.45 bits per heavy atom. The molecule has 5 nitrogen and oxygen atoms in total. The molecule has 0 radical (unpaired) electrons. The molecule has 0 unspecified atom stereocenters. The maximum absolute atomic E-state index is 11.6. The van der Waals surface area contributed by atoms with Crippen molar-refractivity contribution in [2.75, 3.05) is 6.61 Å². The number of carbonyl (C=O) groups is 1. The first-order valence-corrected chi connectivity index (χ1v) is 8.40. The highest BCUT2D eigenvalue weighted by Crippen LogP contribution is 2.31. The molecule has 0 aliphatic rings. The molecule has 0 aliphatic heterocycles. The van der Waals surface area contributed by atoms with Gasteiger partial charge >= 0.3 is 0 Å². The molecule has 20 heavy (non-hydrogen) atoms. The van der Waals surface area contributed by atoms with Crippen molar-refractivity contribution in [2.45, 2.75) is 38.6 Å².